The number of anilines is 1. The van der Waals surface area contributed by atoms with Crippen LogP contribution in [0.2, 0.25) is 0 Å². The molecule has 1 amide bonds. The Bertz CT molecular complexity index is 742. The zero-order valence-electron chi connectivity index (χ0n) is 15.0. The van der Waals surface area contributed by atoms with Crippen LogP contribution in [0.5, 0.6) is 0 Å². The van der Waals surface area contributed by atoms with Crippen molar-refractivity contribution in [2.75, 3.05) is 18.0 Å². The van der Waals surface area contributed by atoms with E-state index in [4.69, 9.17) is 4.98 Å². The van der Waals surface area contributed by atoms with E-state index in [0.29, 0.717) is 18.4 Å². The van der Waals surface area contributed by atoms with Crippen LogP contribution in [0.15, 0.2) is 18.2 Å². The molecule has 2 aromatic rings. The Hall–Kier alpha value is -1.62. The predicted molar refractivity (Wildman–Crippen MR) is 104 cm³/mol. The van der Waals surface area contributed by atoms with Gasteiger partial charge in [-0.05, 0) is 56.2 Å². The molecule has 0 bridgehead atoms. The topological polar surface area (TPSA) is 45.2 Å². The number of benzene rings is 1. The van der Waals surface area contributed by atoms with Crippen molar-refractivity contribution in [2.24, 2.45) is 5.92 Å². The molecule has 0 radical (unpaired) electrons. The number of aromatic nitrogens is 1. The molecule has 1 aromatic heterocycles. The summed E-state index contributed by atoms with van der Waals surface area (Å²) in [5, 5.41) is 4.36. The van der Waals surface area contributed by atoms with Crippen LogP contribution in [0.25, 0.3) is 10.2 Å². The van der Waals surface area contributed by atoms with Crippen LogP contribution in [0.1, 0.15) is 50.5 Å². The molecule has 1 N–H and O–H groups in total. The minimum atomic E-state index is 0.265. The molecule has 2 heterocycles. The van der Waals surface area contributed by atoms with Gasteiger partial charge in [-0.25, -0.2) is 4.98 Å². The van der Waals surface area contributed by atoms with Crippen LogP contribution in [0, 0.1) is 12.8 Å². The number of amides is 1. The second kappa shape index (κ2) is 7.32. The molecule has 0 atom stereocenters. The van der Waals surface area contributed by atoms with Crippen molar-refractivity contribution in [3.63, 3.8) is 0 Å². The van der Waals surface area contributed by atoms with Gasteiger partial charge in [0.15, 0.2) is 5.13 Å². The van der Waals surface area contributed by atoms with Crippen LogP contribution in [-0.4, -0.2) is 30.0 Å². The van der Waals surface area contributed by atoms with Gasteiger partial charge in [0.2, 0.25) is 5.91 Å². The van der Waals surface area contributed by atoms with Crippen LogP contribution >= 0.6 is 11.3 Å². The summed E-state index contributed by atoms with van der Waals surface area (Å²) >= 11 is 1.79. The fraction of sp³-hybridized carbons (Fsp3) is 0.600. The third-order valence-corrected chi connectivity index (χ3v) is 6.69. The minimum Gasteiger partial charge on any atom is -0.353 e. The first-order chi connectivity index (χ1) is 12.2. The van der Waals surface area contributed by atoms with Gasteiger partial charge in [0.25, 0.3) is 0 Å². The Morgan fingerprint density at radius 3 is 2.76 bits per heavy atom. The highest BCUT2D eigenvalue weighted by molar-refractivity contribution is 7.22. The summed E-state index contributed by atoms with van der Waals surface area (Å²) in [4.78, 5) is 19.4. The number of hydrogen-bond acceptors (Lipinski definition) is 4. The Kier molecular flexibility index (Phi) is 4.93. The first-order valence-corrected chi connectivity index (χ1v) is 10.4. The van der Waals surface area contributed by atoms with E-state index in [2.05, 4.69) is 35.3 Å². The maximum atomic E-state index is 12.2. The third-order valence-electron chi connectivity index (χ3n) is 5.61. The van der Waals surface area contributed by atoms with Gasteiger partial charge >= 0.3 is 0 Å². The Morgan fingerprint density at radius 1 is 1.24 bits per heavy atom. The molecule has 2 aliphatic rings. The van der Waals surface area contributed by atoms with Gasteiger partial charge < -0.3 is 10.2 Å². The molecule has 1 aliphatic carbocycles. The van der Waals surface area contributed by atoms with Crippen molar-refractivity contribution in [3.8, 4) is 0 Å². The number of rotatable bonds is 4. The highest BCUT2D eigenvalue weighted by atomic mass is 32.1. The van der Waals surface area contributed by atoms with Gasteiger partial charge in [0.05, 0.1) is 10.2 Å². The lowest BCUT2D eigenvalue weighted by Gasteiger charge is -2.31. The summed E-state index contributed by atoms with van der Waals surface area (Å²) in [5.74, 6) is 0.787. The summed E-state index contributed by atoms with van der Waals surface area (Å²) < 4.78 is 1.27. The van der Waals surface area contributed by atoms with E-state index in [9.17, 15) is 4.79 Å². The molecule has 1 saturated carbocycles. The number of nitrogens with zero attached hydrogens (tertiary/aromatic N) is 2. The van der Waals surface area contributed by atoms with Crippen LogP contribution in [0.3, 0.4) is 0 Å². The zero-order valence-corrected chi connectivity index (χ0v) is 15.8. The van der Waals surface area contributed by atoms with E-state index in [1.54, 1.807) is 11.3 Å². The molecule has 0 unspecified atom stereocenters. The second-order valence-electron chi connectivity index (χ2n) is 7.65. The van der Waals surface area contributed by atoms with Crippen molar-refractivity contribution in [2.45, 2.75) is 57.9 Å². The molecule has 2 fully saturated rings. The smallest absolute Gasteiger partial charge is 0.220 e. The number of thiazole rings is 1. The number of aryl methyl sites for hydroxylation is 1. The Balaban J connectivity index is 1.30. The zero-order chi connectivity index (χ0) is 17.2. The highest BCUT2D eigenvalue weighted by Gasteiger charge is 2.25. The summed E-state index contributed by atoms with van der Waals surface area (Å²) in [7, 11) is 0. The molecular formula is C20H27N3OS. The van der Waals surface area contributed by atoms with Crippen molar-refractivity contribution >= 4 is 32.6 Å². The molecule has 0 spiro atoms. The van der Waals surface area contributed by atoms with E-state index >= 15 is 0 Å². The van der Waals surface area contributed by atoms with Gasteiger partial charge in [-0.3, -0.25) is 4.79 Å². The van der Waals surface area contributed by atoms with Gasteiger partial charge in [0, 0.05) is 25.6 Å². The largest absolute Gasteiger partial charge is 0.353 e. The lowest BCUT2D eigenvalue weighted by atomic mass is 9.93. The quantitative estimate of drug-likeness (QED) is 0.889. The maximum absolute atomic E-state index is 12.2. The summed E-state index contributed by atoms with van der Waals surface area (Å²) in [5.41, 5.74) is 2.39. The number of nitrogens with one attached hydrogen (secondary N) is 1. The fourth-order valence-corrected chi connectivity index (χ4v) is 5.22. The fourth-order valence-electron chi connectivity index (χ4n) is 4.10. The van der Waals surface area contributed by atoms with Crippen molar-refractivity contribution in [1.82, 2.24) is 10.3 Å². The predicted octanol–water partition coefficient (Wildman–Crippen LogP) is 4.27. The molecule has 1 aliphatic heterocycles. The number of fused-ring (bicyclic) bond motifs is 1. The molecule has 4 nitrogen and oxygen atoms in total. The van der Waals surface area contributed by atoms with E-state index in [1.165, 1.54) is 35.9 Å². The first-order valence-electron chi connectivity index (χ1n) is 9.59. The number of piperidine rings is 1. The first kappa shape index (κ1) is 16.8. The van der Waals surface area contributed by atoms with E-state index < -0.39 is 0 Å². The number of carbonyl (C=O) groups is 1. The molecule has 1 aromatic carbocycles. The summed E-state index contributed by atoms with van der Waals surface area (Å²) in [6.45, 7) is 4.15. The van der Waals surface area contributed by atoms with E-state index in [-0.39, 0.29) is 5.91 Å². The highest BCUT2D eigenvalue weighted by Crippen LogP contribution is 2.32. The average molecular weight is 358 g/mol. The lowest BCUT2D eigenvalue weighted by Crippen LogP contribution is -2.38. The van der Waals surface area contributed by atoms with Crippen LogP contribution in [0.4, 0.5) is 5.13 Å². The number of hydrogen-bond donors (Lipinski definition) is 1. The summed E-state index contributed by atoms with van der Waals surface area (Å²) in [6.07, 6.45) is 7.75. The lowest BCUT2D eigenvalue weighted by molar-refractivity contribution is -0.122. The van der Waals surface area contributed by atoms with Crippen molar-refractivity contribution < 1.29 is 4.79 Å². The Labute approximate surface area is 153 Å². The SMILES string of the molecule is Cc1ccc2nc(N3CCC(CC(=O)NC4CCCC4)CC3)sc2c1. The van der Waals surface area contributed by atoms with Crippen molar-refractivity contribution in [3.05, 3.63) is 23.8 Å². The van der Waals surface area contributed by atoms with Gasteiger partial charge in [0.1, 0.15) is 0 Å². The van der Waals surface area contributed by atoms with Gasteiger partial charge in [-0.15, -0.1) is 0 Å². The van der Waals surface area contributed by atoms with Crippen LogP contribution in [-0.2, 0) is 4.79 Å². The molecule has 4 rings (SSSR count). The van der Waals surface area contributed by atoms with E-state index in [1.807, 2.05) is 0 Å². The summed E-state index contributed by atoms with van der Waals surface area (Å²) in [6, 6.07) is 6.90. The normalized spacial score (nSPS) is 19.6. The van der Waals surface area contributed by atoms with Gasteiger partial charge in [-0.1, -0.05) is 30.2 Å². The molecule has 1 saturated heterocycles. The second-order valence-corrected chi connectivity index (χ2v) is 8.66. The van der Waals surface area contributed by atoms with E-state index in [0.717, 1.165) is 36.6 Å². The maximum Gasteiger partial charge on any atom is 0.220 e. The molecular weight excluding hydrogens is 330 g/mol. The molecule has 5 heteroatoms. The monoisotopic (exact) mass is 357 g/mol. The number of carbonyl (C=O) groups excluding carboxylic acids is 1. The van der Waals surface area contributed by atoms with Crippen LogP contribution < -0.4 is 10.2 Å². The average Bonchev–Trinajstić information content (AvgIpc) is 3.24. The standard InChI is InChI=1S/C20H27N3OS/c1-14-6-7-17-18(12-14)25-20(22-17)23-10-8-15(9-11-23)13-19(24)21-16-4-2-3-5-16/h6-7,12,15-16H,2-5,8-11,13H2,1H3,(H,21,24). The van der Waals surface area contributed by atoms with Gasteiger partial charge in [-0.2, -0.15) is 0 Å². The molecule has 25 heavy (non-hydrogen) atoms. The van der Waals surface area contributed by atoms with Crippen molar-refractivity contribution in [1.29, 1.82) is 0 Å². The molecule has 134 valence electrons. The minimum absolute atomic E-state index is 0.265. The third kappa shape index (κ3) is 3.97. The Morgan fingerprint density at radius 2 is 2.00 bits per heavy atom.